The quantitative estimate of drug-likeness (QED) is 0.247. The van der Waals surface area contributed by atoms with Gasteiger partial charge < -0.3 is 20.7 Å². The second-order valence-electron chi connectivity index (χ2n) is 8.43. The number of aliphatic imine (C=N–C) groups is 1. The number of fused-ring (bicyclic) bond motifs is 1. The van der Waals surface area contributed by atoms with Crippen molar-refractivity contribution in [3.8, 4) is 0 Å². The van der Waals surface area contributed by atoms with Crippen molar-refractivity contribution in [2.45, 2.75) is 52.0 Å². The van der Waals surface area contributed by atoms with Gasteiger partial charge in [-0.25, -0.2) is 0 Å². The van der Waals surface area contributed by atoms with Crippen LogP contribution in [0.1, 0.15) is 51.5 Å². The van der Waals surface area contributed by atoms with Crippen LogP contribution < -0.4 is 16.0 Å². The van der Waals surface area contributed by atoms with E-state index in [-0.39, 0.29) is 35.8 Å². The summed E-state index contributed by atoms with van der Waals surface area (Å²) in [4.78, 5) is 19.7. The van der Waals surface area contributed by atoms with Crippen molar-refractivity contribution in [3.05, 3.63) is 29.8 Å². The molecule has 0 bridgehead atoms. The number of guanidine groups is 1. The van der Waals surface area contributed by atoms with E-state index in [0.29, 0.717) is 24.9 Å². The Kier molecular flexibility index (Phi) is 11.7. The van der Waals surface area contributed by atoms with Crippen molar-refractivity contribution in [2.24, 2.45) is 10.9 Å². The Bertz CT molecular complexity index is 735. The maximum absolute atomic E-state index is 12.1. The Morgan fingerprint density at radius 3 is 2.59 bits per heavy atom. The van der Waals surface area contributed by atoms with Gasteiger partial charge in [0.1, 0.15) is 0 Å². The molecule has 8 heteroatoms. The molecule has 0 radical (unpaired) electrons. The van der Waals surface area contributed by atoms with Gasteiger partial charge in [-0.15, -0.1) is 24.0 Å². The summed E-state index contributed by atoms with van der Waals surface area (Å²) in [6, 6.07) is 8.50. The Balaban J connectivity index is 0.00000363. The van der Waals surface area contributed by atoms with Crippen LogP contribution in [0, 0.1) is 5.92 Å². The number of nitrogens with zero attached hydrogens (tertiary/aromatic N) is 2. The summed E-state index contributed by atoms with van der Waals surface area (Å²) in [6.07, 6.45) is 2.81. The molecule has 1 aromatic rings. The van der Waals surface area contributed by atoms with E-state index < -0.39 is 0 Å². The van der Waals surface area contributed by atoms with E-state index in [9.17, 15) is 4.79 Å². The molecule has 1 aromatic carbocycles. The summed E-state index contributed by atoms with van der Waals surface area (Å²) in [5.41, 5.74) is 2.11. The van der Waals surface area contributed by atoms with Crippen molar-refractivity contribution in [1.82, 2.24) is 15.5 Å². The molecular formula is C24H40IN5O2. The Morgan fingerprint density at radius 2 is 1.91 bits per heavy atom. The van der Waals surface area contributed by atoms with Crippen LogP contribution >= 0.6 is 24.0 Å². The van der Waals surface area contributed by atoms with Gasteiger partial charge >= 0.3 is 0 Å². The van der Waals surface area contributed by atoms with Gasteiger partial charge in [-0.3, -0.25) is 14.7 Å². The van der Waals surface area contributed by atoms with Gasteiger partial charge in [0.2, 0.25) is 5.91 Å². The molecule has 2 aliphatic heterocycles. The summed E-state index contributed by atoms with van der Waals surface area (Å²) in [5, 5.41) is 9.86. The summed E-state index contributed by atoms with van der Waals surface area (Å²) in [5.74, 6) is 1.67. The molecule has 2 unspecified atom stereocenters. The zero-order valence-corrected chi connectivity index (χ0v) is 22.1. The predicted octanol–water partition coefficient (Wildman–Crippen LogP) is 3.42. The van der Waals surface area contributed by atoms with Crippen molar-refractivity contribution < 1.29 is 9.53 Å². The Labute approximate surface area is 210 Å². The van der Waals surface area contributed by atoms with E-state index in [1.54, 1.807) is 0 Å². The number of benzene rings is 1. The lowest BCUT2D eigenvalue weighted by Crippen LogP contribution is -2.49. The van der Waals surface area contributed by atoms with Gasteiger partial charge in [0.05, 0.1) is 19.8 Å². The lowest BCUT2D eigenvalue weighted by molar-refractivity contribution is -0.116. The molecule has 2 aliphatic rings. The molecule has 3 rings (SSSR count). The average Bonchev–Trinajstić information content (AvgIpc) is 2.80. The number of hydrogen-bond acceptors (Lipinski definition) is 4. The molecule has 0 aromatic heterocycles. The number of nitrogens with one attached hydrogen (secondary N) is 3. The first kappa shape index (κ1) is 26.9. The molecule has 0 saturated carbocycles. The van der Waals surface area contributed by atoms with Crippen LogP contribution in [0.15, 0.2) is 29.3 Å². The number of ether oxygens (including phenoxy) is 1. The van der Waals surface area contributed by atoms with Crippen molar-refractivity contribution in [2.75, 3.05) is 51.3 Å². The highest BCUT2D eigenvalue weighted by molar-refractivity contribution is 14.0. The fourth-order valence-electron chi connectivity index (χ4n) is 4.74. The number of amides is 1. The maximum atomic E-state index is 12.1. The van der Waals surface area contributed by atoms with Gasteiger partial charge in [-0.1, -0.05) is 44.9 Å². The lowest BCUT2D eigenvalue weighted by atomic mass is 9.90. The first-order valence-corrected chi connectivity index (χ1v) is 11.9. The number of rotatable bonds is 9. The van der Waals surface area contributed by atoms with E-state index >= 15 is 0 Å². The highest BCUT2D eigenvalue weighted by Crippen LogP contribution is 2.31. The third-order valence-corrected chi connectivity index (χ3v) is 6.51. The smallest absolute Gasteiger partial charge is 0.225 e. The number of morpholine rings is 1. The molecule has 7 nitrogen and oxygen atoms in total. The van der Waals surface area contributed by atoms with E-state index in [1.807, 2.05) is 18.2 Å². The highest BCUT2D eigenvalue weighted by Gasteiger charge is 2.27. The second kappa shape index (κ2) is 14.0. The zero-order chi connectivity index (χ0) is 22.1. The first-order chi connectivity index (χ1) is 15.2. The third kappa shape index (κ3) is 7.31. The molecule has 1 fully saturated rings. The topological polar surface area (TPSA) is 78.0 Å². The van der Waals surface area contributed by atoms with Crippen LogP contribution in [0.5, 0.6) is 0 Å². The number of carbonyl (C=O) groups excluding carboxylic acids is 1. The number of hydrogen-bond donors (Lipinski definition) is 3. The fourth-order valence-corrected chi connectivity index (χ4v) is 4.74. The van der Waals surface area contributed by atoms with Gasteiger partial charge in [0.25, 0.3) is 0 Å². The molecule has 0 spiro atoms. The molecule has 2 atom stereocenters. The van der Waals surface area contributed by atoms with Crippen LogP contribution in [-0.4, -0.2) is 68.7 Å². The second-order valence-corrected chi connectivity index (χ2v) is 8.43. The molecule has 1 saturated heterocycles. The molecule has 0 aliphatic carbocycles. The Hall–Kier alpha value is -1.39. The number of anilines is 1. The lowest BCUT2D eigenvalue weighted by Gasteiger charge is -2.38. The Morgan fingerprint density at radius 1 is 1.19 bits per heavy atom. The minimum atomic E-state index is 0. The van der Waals surface area contributed by atoms with Crippen LogP contribution in [0.4, 0.5) is 5.69 Å². The van der Waals surface area contributed by atoms with Gasteiger partial charge in [-0.2, -0.15) is 0 Å². The SMILES string of the molecule is CCNC(=NCC(C(CC)CC)N1CCOCC1)NCC1CC(=O)Nc2ccccc21.I. The maximum Gasteiger partial charge on any atom is 0.225 e. The fraction of sp³-hybridized carbons (Fsp3) is 0.667. The number of halogens is 1. The van der Waals surface area contributed by atoms with Crippen molar-refractivity contribution in [1.29, 1.82) is 0 Å². The van der Waals surface area contributed by atoms with Gasteiger partial charge in [-0.05, 0) is 24.5 Å². The average molecular weight is 558 g/mol. The number of para-hydroxylation sites is 1. The van der Waals surface area contributed by atoms with Crippen molar-refractivity contribution >= 4 is 41.5 Å². The van der Waals surface area contributed by atoms with Crippen LogP contribution in [0.25, 0.3) is 0 Å². The largest absolute Gasteiger partial charge is 0.379 e. The van der Waals surface area contributed by atoms with E-state index in [1.165, 1.54) is 5.56 Å². The minimum absolute atomic E-state index is 0. The van der Waals surface area contributed by atoms with Gasteiger partial charge in [0.15, 0.2) is 5.96 Å². The van der Waals surface area contributed by atoms with Gasteiger partial charge in [0, 0.05) is 50.2 Å². The van der Waals surface area contributed by atoms with Crippen LogP contribution in [0.2, 0.25) is 0 Å². The molecule has 3 N–H and O–H groups in total. The van der Waals surface area contributed by atoms with Crippen LogP contribution in [-0.2, 0) is 9.53 Å². The molecule has 32 heavy (non-hydrogen) atoms. The molecular weight excluding hydrogens is 517 g/mol. The summed E-state index contributed by atoms with van der Waals surface area (Å²) >= 11 is 0. The molecule has 1 amide bonds. The van der Waals surface area contributed by atoms with E-state index in [4.69, 9.17) is 9.73 Å². The zero-order valence-electron chi connectivity index (χ0n) is 19.7. The minimum Gasteiger partial charge on any atom is -0.379 e. The highest BCUT2D eigenvalue weighted by atomic mass is 127. The third-order valence-electron chi connectivity index (χ3n) is 6.51. The van der Waals surface area contributed by atoms with E-state index in [2.05, 4.69) is 47.7 Å². The standard InChI is InChI=1S/C24H39N5O2.HI/c1-4-18(5-2)22(29-11-13-31-14-12-29)17-27-24(25-6-3)26-16-19-15-23(30)28-21-10-8-7-9-20(19)21;/h7-10,18-19,22H,4-6,11-17H2,1-3H3,(H,28,30)(H2,25,26,27);1H. The van der Waals surface area contributed by atoms with E-state index in [0.717, 1.165) is 63.9 Å². The normalized spacial score (nSPS) is 20.2. The van der Waals surface area contributed by atoms with Crippen molar-refractivity contribution in [3.63, 3.8) is 0 Å². The monoisotopic (exact) mass is 557 g/mol. The summed E-state index contributed by atoms with van der Waals surface area (Å²) in [7, 11) is 0. The summed E-state index contributed by atoms with van der Waals surface area (Å²) in [6.45, 7) is 12.5. The molecule has 2 heterocycles. The predicted molar refractivity (Wildman–Crippen MR) is 142 cm³/mol. The first-order valence-electron chi connectivity index (χ1n) is 11.9. The summed E-state index contributed by atoms with van der Waals surface area (Å²) < 4.78 is 5.57. The van der Waals surface area contributed by atoms with Crippen LogP contribution in [0.3, 0.4) is 0 Å². The number of carbonyl (C=O) groups is 1. The molecule has 180 valence electrons.